The van der Waals surface area contributed by atoms with Crippen LogP contribution in [0.5, 0.6) is 5.88 Å². The first-order chi connectivity index (χ1) is 5.97. The number of nitrogens with zero attached hydrogens (tertiary/aromatic N) is 2. The van der Waals surface area contributed by atoms with Crippen molar-refractivity contribution in [3.8, 4) is 5.88 Å². The highest BCUT2D eigenvalue weighted by Crippen LogP contribution is 2.24. The average Bonchev–Trinajstić information content (AvgIpc) is 2.30. The van der Waals surface area contributed by atoms with Gasteiger partial charge in [-0.05, 0) is 20.8 Å². The van der Waals surface area contributed by atoms with Gasteiger partial charge in [-0.25, -0.2) is 0 Å². The summed E-state index contributed by atoms with van der Waals surface area (Å²) in [7, 11) is 1.84. The van der Waals surface area contributed by atoms with Crippen LogP contribution in [0.15, 0.2) is 6.20 Å². The second-order valence-electron chi connectivity index (χ2n) is 3.48. The van der Waals surface area contributed by atoms with Gasteiger partial charge in [-0.2, -0.15) is 4.98 Å². The zero-order chi connectivity index (χ0) is 10.1. The lowest BCUT2D eigenvalue weighted by Gasteiger charge is -2.23. The fourth-order valence-electron chi connectivity index (χ4n) is 1.44. The van der Waals surface area contributed by atoms with E-state index < -0.39 is 5.60 Å². The van der Waals surface area contributed by atoms with Crippen molar-refractivity contribution in [2.24, 2.45) is 7.05 Å². The topological polar surface area (TPSA) is 47.3 Å². The van der Waals surface area contributed by atoms with Crippen molar-refractivity contribution in [3.63, 3.8) is 0 Å². The van der Waals surface area contributed by atoms with Crippen molar-refractivity contribution in [2.75, 3.05) is 6.61 Å². The highest BCUT2D eigenvalue weighted by Gasteiger charge is 2.26. The first kappa shape index (κ1) is 10.1. The summed E-state index contributed by atoms with van der Waals surface area (Å²) in [6.07, 6.45) is 1.57. The zero-order valence-corrected chi connectivity index (χ0v) is 8.53. The summed E-state index contributed by atoms with van der Waals surface area (Å²) >= 11 is 0. The van der Waals surface area contributed by atoms with Crippen molar-refractivity contribution < 1.29 is 9.84 Å². The normalized spacial score (nSPS) is 12.0. The van der Waals surface area contributed by atoms with E-state index in [4.69, 9.17) is 4.74 Å². The molecule has 0 aliphatic carbocycles. The molecular formula is C9H16N2O2. The minimum absolute atomic E-state index is 0.0327. The van der Waals surface area contributed by atoms with Crippen molar-refractivity contribution in [2.45, 2.75) is 26.4 Å². The van der Waals surface area contributed by atoms with Crippen LogP contribution >= 0.6 is 0 Å². The van der Waals surface area contributed by atoms with Crippen LogP contribution in [0.3, 0.4) is 0 Å². The zero-order valence-electron chi connectivity index (χ0n) is 8.53. The van der Waals surface area contributed by atoms with Crippen LogP contribution in [0.1, 0.15) is 26.6 Å². The standard InChI is InChI=1S/C9H16N2O2/c1-5-13-9(2,3)8-10-7(12)6-11(8)4/h6,12H,5H2,1-4H3. The van der Waals surface area contributed by atoms with E-state index in [0.29, 0.717) is 6.61 Å². The molecule has 74 valence electrons. The van der Waals surface area contributed by atoms with Crippen LogP contribution in [0.25, 0.3) is 0 Å². The average molecular weight is 184 g/mol. The van der Waals surface area contributed by atoms with Crippen LogP contribution < -0.4 is 0 Å². The predicted molar refractivity (Wildman–Crippen MR) is 49.5 cm³/mol. The Labute approximate surface area is 78.2 Å². The third kappa shape index (κ3) is 2.01. The van der Waals surface area contributed by atoms with Crippen LogP contribution in [0.4, 0.5) is 0 Å². The summed E-state index contributed by atoms with van der Waals surface area (Å²) in [5.41, 5.74) is -0.454. The third-order valence-electron chi connectivity index (χ3n) is 1.91. The Hall–Kier alpha value is -1.03. The van der Waals surface area contributed by atoms with Gasteiger partial charge in [0.2, 0.25) is 5.88 Å². The van der Waals surface area contributed by atoms with Gasteiger partial charge in [-0.15, -0.1) is 0 Å². The van der Waals surface area contributed by atoms with Gasteiger partial charge < -0.3 is 14.4 Å². The van der Waals surface area contributed by atoms with Gasteiger partial charge in [-0.1, -0.05) is 0 Å². The molecule has 0 saturated heterocycles. The van der Waals surface area contributed by atoms with Crippen molar-refractivity contribution >= 4 is 0 Å². The van der Waals surface area contributed by atoms with E-state index in [1.54, 1.807) is 10.8 Å². The Morgan fingerprint density at radius 3 is 2.62 bits per heavy atom. The van der Waals surface area contributed by atoms with Crippen molar-refractivity contribution in [1.29, 1.82) is 0 Å². The van der Waals surface area contributed by atoms with E-state index in [9.17, 15) is 5.11 Å². The van der Waals surface area contributed by atoms with Crippen molar-refractivity contribution in [1.82, 2.24) is 9.55 Å². The maximum atomic E-state index is 9.18. The van der Waals surface area contributed by atoms with Gasteiger partial charge in [0.05, 0.1) is 6.20 Å². The summed E-state index contributed by atoms with van der Waals surface area (Å²) in [5.74, 6) is 0.761. The Balaban J connectivity index is 2.98. The van der Waals surface area contributed by atoms with Gasteiger partial charge in [0.1, 0.15) is 11.4 Å². The smallest absolute Gasteiger partial charge is 0.229 e. The summed E-state index contributed by atoms with van der Waals surface area (Å²) in [6, 6.07) is 0. The van der Waals surface area contributed by atoms with Gasteiger partial charge in [0, 0.05) is 13.7 Å². The number of hydrogen-bond acceptors (Lipinski definition) is 3. The molecule has 0 bridgehead atoms. The van der Waals surface area contributed by atoms with Crippen LogP contribution in [-0.2, 0) is 17.4 Å². The Morgan fingerprint density at radius 1 is 1.62 bits per heavy atom. The van der Waals surface area contributed by atoms with E-state index in [1.165, 1.54) is 0 Å². The van der Waals surface area contributed by atoms with Crippen LogP contribution in [0, 0.1) is 0 Å². The molecule has 1 aromatic rings. The molecule has 1 heterocycles. The number of aromatic nitrogens is 2. The summed E-state index contributed by atoms with van der Waals surface area (Å²) in [4.78, 5) is 3.99. The van der Waals surface area contributed by atoms with Gasteiger partial charge >= 0.3 is 0 Å². The molecular weight excluding hydrogens is 168 g/mol. The lowest BCUT2D eigenvalue weighted by atomic mass is 10.1. The lowest BCUT2D eigenvalue weighted by Crippen LogP contribution is -2.25. The fourth-order valence-corrected chi connectivity index (χ4v) is 1.44. The van der Waals surface area contributed by atoms with Crippen LogP contribution in [-0.4, -0.2) is 21.3 Å². The number of rotatable bonds is 3. The molecule has 0 fully saturated rings. The van der Waals surface area contributed by atoms with E-state index in [2.05, 4.69) is 4.98 Å². The fraction of sp³-hybridized carbons (Fsp3) is 0.667. The van der Waals surface area contributed by atoms with Crippen molar-refractivity contribution in [3.05, 3.63) is 12.0 Å². The number of ether oxygens (including phenoxy) is 1. The molecule has 0 spiro atoms. The highest BCUT2D eigenvalue weighted by molar-refractivity contribution is 5.12. The molecule has 0 amide bonds. The number of imidazole rings is 1. The minimum atomic E-state index is -0.454. The quantitative estimate of drug-likeness (QED) is 0.772. The van der Waals surface area contributed by atoms with E-state index in [0.717, 1.165) is 5.82 Å². The first-order valence-corrected chi connectivity index (χ1v) is 4.34. The van der Waals surface area contributed by atoms with E-state index in [-0.39, 0.29) is 5.88 Å². The third-order valence-corrected chi connectivity index (χ3v) is 1.91. The van der Waals surface area contributed by atoms with Gasteiger partial charge in [0.15, 0.2) is 0 Å². The molecule has 1 rings (SSSR count). The second kappa shape index (κ2) is 3.38. The summed E-state index contributed by atoms with van der Waals surface area (Å²) in [6.45, 7) is 6.42. The molecule has 1 N–H and O–H groups in total. The molecule has 0 aliphatic heterocycles. The predicted octanol–water partition coefficient (Wildman–Crippen LogP) is 1.40. The summed E-state index contributed by atoms with van der Waals surface area (Å²) < 4.78 is 7.28. The minimum Gasteiger partial charge on any atom is -0.492 e. The molecule has 0 atom stereocenters. The summed E-state index contributed by atoms with van der Waals surface area (Å²) in [5, 5.41) is 9.18. The largest absolute Gasteiger partial charge is 0.492 e. The Morgan fingerprint density at radius 2 is 2.23 bits per heavy atom. The number of hydrogen-bond donors (Lipinski definition) is 1. The number of aryl methyl sites for hydroxylation is 1. The van der Waals surface area contributed by atoms with Gasteiger partial charge in [0.25, 0.3) is 0 Å². The molecule has 0 aromatic carbocycles. The van der Waals surface area contributed by atoms with Crippen LogP contribution in [0.2, 0.25) is 0 Å². The molecule has 0 saturated carbocycles. The van der Waals surface area contributed by atoms with E-state index in [1.807, 2.05) is 27.8 Å². The maximum Gasteiger partial charge on any atom is 0.229 e. The SMILES string of the molecule is CCOC(C)(C)c1nc(O)cn1C. The van der Waals surface area contributed by atoms with Gasteiger partial charge in [-0.3, -0.25) is 0 Å². The molecule has 0 aliphatic rings. The first-order valence-electron chi connectivity index (χ1n) is 4.34. The number of aromatic hydroxyl groups is 1. The lowest BCUT2D eigenvalue weighted by molar-refractivity contribution is -0.0227. The molecule has 0 unspecified atom stereocenters. The molecule has 0 radical (unpaired) electrons. The molecule has 4 nitrogen and oxygen atoms in total. The Kier molecular flexibility index (Phi) is 2.61. The molecule has 1 aromatic heterocycles. The highest BCUT2D eigenvalue weighted by atomic mass is 16.5. The Bertz CT molecular complexity index is 292. The molecule has 13 heavy (non-hydrogen) atoms. The van der Waals surface area contributed by atoms with E-state index >= 15 is 0 Å². The maximum absolute atomic E-state index is 9.18. The monoisotopic (exact) mass is 184 g/mol. The second-order valence-corrected chi connectivity index (χ2v) is 3.48. The molecule has 4 heteroatoms.